The Labute approximate surface area is 193 Å². The molecule has 7 nitrogen and oxygen atoms in total. The van der Waals surface area contributed by atoms with Gasteiger partial charge in [0.15, 0.2) is 11.3 Å². The lowest BCUT2D eigenvalue weighted by molar-refractivity contribution is -0.137. The molecule has 3 rings (SSSR count). The molecule has 1 unspecified atom stereocenters. The molecule has 2 atom stereocenters. The van der Waals surface area contributed by atoms with Crippen LogP contribution in [0.3, 0.4) is 0 Å². The molecular formula is C22H22F3N3O4S. The maximum absolute atomic E-state index is 13.4. The highest BCUT2D eigenvalue weighted by Crippen LogP contribution is 2.41. The minimum atomic E-state index is -4.75. The standard InChI is InChI=1S/C22H22F3N3O4S/c1-21(2)19(31)27(15-4-3-13(10-26)18(9-15)22(23,24)25)20(33)28(21)14-5-7-17(8-6-14)32-12-16(30)11-29/h3-9,16,19,29-31H,11-12H2,1-2H3/t16-,19?/m1/s1. The summed E-state index contributed by atoms with van der Waals surface area (Å²) in [4.78, 5) is 2.83. The zero-order valence-electron chi connectivity index (χ0n) is 17.7. The van der Waals surface area contributed by atoms with Crippen molar-refractivity contribution in [1.82, 2.24) is 0 Å². The van der Waals surface area contributed by atoms with E-state index in [1.54, 1.807) is 43.0 Å². The SMILES string of the molecule is CC1(C)C(O)N(c2ccc(C#N)c(C(F)(F)F)c2)C(=S)N1c1ccc(OC[C@H](O)CO)cc1. The molecule has 0 aromatic heterocycles. The first-order valence-electron chi connectivity index (χ1n) is 9.86. The molecule has 1 aliphatic heterocycles. The van der Waals surface area contributed by atoms with Crippen LogP contribution in [0, 0.1) is 11.3 Å². The van der Waals surface area contributed by atoms with Gasteiger partial charge in [-0.25, -0.2) is 0 Å². The molecular weight excluding hydrogens is 459 g/mol. The zero-order chi connectivity index (χ0) is 24.6. The van der Waals surface area contributed by atoms with Gasteiger partial charge in [0.25, 0.3) is 0 Å². The fraction of sp³-hybridized carbons (Fsp3) is 0.364. The average Bonchev–Trinajstić information content (AvgIpc) is 2.95. The van der Waals surface area contributed by atoms with E-state index in [9.17, 15) is 23.4 Å². The molecule has 33 heavy (non-hydrogen) atoms. The molecule has 0 radical (unpaired) electrons. The monoisotopic (exact) mass is 481 g/mol. The number of benzene rings is 2. The van der Waals surface area contributed by atoms with Crippen molar-refractivity contribution in [3.8, 4) is 11.8 Å². The van der Waals surface area contributed by atoms with Crippen LogP contribution in [-0.2, 0) is 6.18 Å². The minimum Gasteiger partial charge on any atom is -0.491 e. The Morgan fingerprint density at radius 1 is 1.18 bits per heavy atom. The lowest BCUT2D eigenvalue weighted by Gasteiger charge is -2.33. The molecule has 176 valence electrons. The molecule has 1 saturated heterocycles. The summed E-state index contributed by atoms with van der Waals surface area (Å²) in [6.07, 6.45) is -7.05. The third kappa shape index (κ3) is 4.74. The van der Waals surface area contributed by atoms with Crippen LogP contribution in [0.5, 0.6) is 5.75 Å². The number of nitriles is 1. The number of hydrogen-bond acceptors (Lipinski definition) is 6. The van der Waals surface area contributed by atoms with Crippen LogP contribution in [0.15, 0.2) is 42.5 Å². The largest absolute Gasteiger partial charge is 0.491 e. The molecule has 1 aliphatic rings. The van der Waals surface area contributed by atoms with Gasteiger partial charge in [0.1, 0.15) is 18.5 Å². The zero-order valence-corrected chi connectivity index (χ0v) is 18.6. The van der Waals surface area contributed by atoms with Gasteiger partial charge < -0.3 is 25.0 Å². The summed E-state index contributed by atoms with van der Waals surface area (Å²) in [5, 5.41) is 38.4. The van der Waals surface area contributed by atoms with Crippen molar-refractivity contribution in [1.29, 1.82) is 5.26 Å². The van der Waals surface area contributed by atoms with E-state index in [1.807, 2.05) is 0 Å². The molecule has 3 N–H and O–H groups in total. The van der Waals surface area contributed by atoms with Crippen molar-refractivity contribution in [3.05, 3.63) is 53.6 Å². The summed E-state index contributed by atoms with van der Waals surface area (Å²) in [6, 6.07) is 11.2. The number of nitrogens with zero attached hydrogens (tertiary/aromatic N) is 3. The van der Waals surface area contributed by atoms with Gasteiger partial charge in [0.2, 0.25) is 0 Å². The molecule has 0 bridgehead atoms. The highest BCUT2D eigenvalue weighted by molar-refractivity contribution is 7.80. The number of aliphatic hydroxyl groups is 3. The summed E-state index contributed by atoms with van der Waals surface area (Å²) in [5.74, 6) is 0.425. The molecule has 1 fully saturated rings. The Morgan fingerprint density at radius 3 is 2.33 bits per heavy atom. The third-order valence-corrected chi connectivity index (χ3v) is 5.68. The Hall–Kier alpha value is -2.91. The first-order chi connectivity index (χ1) is 15.4. The Morgan fingerprint density at radius 2 is 1.79 bits per heavy atom. The summed E-state index contributed by atoms with van der Waals surface area (Å²) >= 11 is 5.54. The molecule has 0 spiro atoms. The van der Waals surface area contributed by atoms with Gasteiger partial charge in [0, 0.05) is 11.4 Å². The predicted octanol–water partition coefficient (Wildman–Crippen LogP) is 3.02. The number of rotatable bonds is 6. The van der Waals surface area contributed by atoms with Crippen LogP contribution < -0.4 is 14.5 Å². The first-order valence-corrected chi connectivity index (χ1v) is 10.3. The normalized spacial score (nSPS) is 18.9. The van der Waals surface area contributed by atoms with E-state index in [2.05, 4.69) is 0 Å². The third-order valence-electron chi connectivity index (χ3n) is 5.31. The topological polar surface area (TPSA) is 100 Å². The van der Waals surface area contributed by atoms with Gasteiger partial charge in [-0.05, 0) is 68.5 Å². The second-order valence-corrected chi connectivity index (χ2v) is 8.36. The number of thiocarbonyl (C=S) groups is 1. The average molecular weight is 481 g/mol. The maximum Gasteiger partial charge on any atom is 0.417 e. The predicted molar refractivity (Wildman–Crippen MR) is 119 cm³/mol. The lowest BCUT2D eigenvalue weighted by atomic mass is 10.0. The molecule has 2 aromatic rings. The van der Waals surface area contributed by atoms with Gasteiger partial charge in [-0.15, -0.1) is 0 Å². The van der Waals surface area contributed by atoms with E-state index in [0.717, 1.165) is 12.1 Å². The lowest BCUT2D eigenvalue weighted by Crippen LogP contribution is -2.47. The first kappa shape index (κ1) is 24.7. The van der Waals surface area contributed by atoms with Crippen molar-refractivity contribution in [2.45, 2.75) is 37.9 Å². The smallest absolute Gasteiger partial charge is 0.417 e. The Bertz CT molecular complexity index is 1070. The number of alkyl halides is 3. The van der Waals surface area contributed by atoms with Crippen LogP contribution in [-0.4, -0.2) is 51.5 Å². The highest BCUT2D eigenvalue weighted by atomic mass is 32.1. The van der Waals surface area contributed by atoms with Crippen molar-refractivity contribution in [3.63, 3.8) is 0 Å². The van der Waals surface area contributed by atoms with Gasteiger partial charge >= 0.3 is 6.18 Å². The maximum atomic E-state index is 13.4. The van der Waals surface area contributed by atoms with E-state index >= 15 is 0 Å². The molecule has 0 saturated carbocycles. The Kier molecular flexibility index (Phi) is 6.85. The van der Waals surface area contributed by atoms with Crippen LogP contribution >= 0.6 is 12.2 Å². The van der Waals surface area contributed by atoms with Crippen molar-refractivity contribution in [2.24, 2.45) is 0 Å². The number of anilines is 2. The second-order valence-electron chi connectivity index (χ2n) is 8.00. The second kappa shape index (κ2) is 9.15. The summed E-state index contributed by atoms with van der Waals surface area (Å²) < 4.78 is 45.7. The Balaban J connectivity index is 1.94. The summed E-state index contributed by atoms with van der Waals surface area (Å²) in [5.41, 5.74) is -2.08. The van der Waals surface area contributed by atoms with E-state index in [4.69, 9.17) is 27.3 Å². The fourth-order valence-corrected chi connectivity index (χ4v) is 4.08. The minimum absolute atomic E-state index is 0.00680. The van der Waals surface area contributed by atoms with Crippen LogP contribution in [0.25, 0.3) is 0 Å². The number of hydrogen-bond donors (Lipinski definition) is 3. The summed E-state index contributed by atoms with van der Waals surface area (Å²) in [7, 11) is 0. The quantitative estimate of drug-likeness (QED) is 0.542. The van der Waals surface area contributed by atoms with Crippen molar-refractivity contribution < 1.29 is 33.2 Å². The summed E-state index contributed by atoms with van der Waals surface area (Å²) in [6.45, 7) is 2.85. The molecule has 0 amide bonds. The molecule has 11 heteroatoms. The molecule has 1 heterocycles. The van der Waals surface area contributed by atoms with Gasteiger partial charge in [-0.2, -0.15) is 18.4 Å². The fourth-order valence-electron chi connectivity index (χ4n) is 3.54. The van der Waals surface area contributed by atoms with Gasteiger partial charge in [-0.1, -0.05) is 0 Å². The van der Waals surface area contributed by atoms with Crippen LogP contribution in [0.1, 0.15) is 25.0 Å². The number of halogens is 3. The van der Waals surface area contributed by atoms with E-state index < -0.39 is 41.8 Å². The van der Waals surface area contributed by atoms with Gasteiger partial charge in [-0.3, -0.25) is 4.90 Å². The highest BCUT2D eigenvalue weighted by Gasteiger charge is 2.50. The van der Waals surface area contributed by atoms with Crippen LogP contribution in [0.4, 0.5) is 24.5 Å². The molecule has 0 aliphatic carbocycles. The number of ether oxygens (including phenoxy) is 1. The molecule has 2 aromatic carbocycles. The van der Waals surface area contributed by atoms with Crippen molar-refractivity contribution >= 4 is 28.7 Å². The van der Waals surface area contributed by atoms with E-state index in [-0.39, 0.29) is 17.4 Å². The van der Waals surface area contributed by atoms with Crippen LogP contribution in [0.2, 0.25) is 0 Å². The van der Waals surface area contributed by atoms with E-state index in [1.165, 1.54) is 17.0 Å². The van der Waals surface area contributed by atoms with E-state index in [0.29, 0.717) is 11.4 Å². The van der Waals surface area contributed by atoms with Gasteiger partial charge in [0.05, 0.1) is 29.3 Å². The van der Waals surface area contributed by atoms with Crippen molar-refractivity contribution in [2.75, 3.05) is 23.0 Å². The number of aliphatic hydroxyl groups excluding tert-OH is 3.